The largest absolute Gasteiger partial charge is 0.354 e. The number of aryl methyl sites for hydroxylation is 1. The number of halogens is 1. The third-order valence-corrected chi connectivity index (χ3v) is 4.74. The number of benzene rings is 1. The molecule has 1 aromatic heterocycles. The molecular formula is C21H30ClN3O2. The molecule has 2 aromatic rings. The smallest absolute Gasteiger partial charge is 0.268 e. The van der Waals surface area contributed by atoms with Crippen LogP contribution in [0.25, 0.3) is 0 Å². The predicted octanol–water partition coefficient (Wildman–Crippen LogP) is 4.06. The summed E-state index contributed by atoms with van der Waals surface area (Å²) in [6.45, 7) is 9.90. The molecule has 2 rings (SSSR count). The molecule has 0 aliphatic rings. The van der Waals surface area contributed by atoms with Gasteiger partial charge >= 0.3 is 0 Å². The van der Waals surface area contributed by atoms with Crippen molar-refractivity contribution in [1.29, 1.82) is 0 Å². The molecule has 5 nitrogen and oxygen atoms in total. The van der Waals surface area contributed by atoms with E-state index >= 15 is 0 Å². The summed E-state index contributed by atoms with van der Waals surface area (Å²) < 4.78 is 0. The molecule has 0 spiro atoms. The monoisotopic (exact) mass is 391 g/mol. The number of ketones is 1. The van der Waals surface area contributed by atoms with Crippen LogP contribution in [0.1, 0.15) is 82.9 Å². The Morgan fingerprint density at radius 1 is 1.15 bits per heavy atom. The van der Waals surface area contributed by atoms with Gasteiger partial charge in [-0.25, -0.2) is 0 Å². The number of aromatic amines is 1. The van der Waals surface area contributed by atoms with Crippen molar-refractivity contribution >= 4 is 24.1 Å². The van der Waals surface area contributed by atoms with Crippen molar-refractivity contribution in [3.63, 3.8) is 0 Å². The zero-order valence-electron chi connectivity index (χ0n) is 16.7. The lowest BCUT2D eigenvalue weighted by atomic mass is 9.99. The van der Waals surface area contributed by atoms with Crippen LogP contribution in [-0.2, 0) is 6.42 Å². The number of carbonyl (C=O) groups is 2. The molecule has 27 heavy (non-hydrogen) atoms. The van der Waals surface area contributed by atoms with Gasteiger partial charge in [-0.05, 0) is 42.9 Å². The van der Waals surface area contributed by atoms with Gasteiger partial charge in [-0.1, -0.05) is 45.0 Å². The summed E-state index contributed by atoms with van der Waals surface area (Å²) in [7, 11) is 0. The zero-order chi connectivity index (χ0) is 19.4. The van der Waals surface area contributed by atoms with Crippen molar-refractivity contribution in [1.82, 2.24) is 10.3 Å². The average molecular weight is 392 g/mol. The summed E-state index contributed by atoms with van der Waals surface area (Å²) in [5.41, 5.74) is 11.0. The van der Waals surface area contributed by atoms with Gasteiger partial charge in [0.05, 0.1) is 0 Å². The summed E-state index contributed by atoms with van der Waals surface area (Å²) in [4.78, 5) is 27.5. The van der Waals surface area contributed by atoms with E-state index in [1.54, 1.807) is 0 Å². The van der Waals surface area contributed by atoms with E-state index < -0.39 is 0 Å². The van der Waals surface area contributed by atoms with Crippen molar-refractivity contribution in [2.45, 2.75) is 53.0 Å². The third kappa shape index (κ3) is 5.21. The molecule has 0 saturated heterocycles. The van der Waals surface area contributed by atoms with Crippen molar-refractivity contribution in [2.75, 3.05) is 6.54 Å². The second-order valence-corrected chi connectivity index (χ2v) is 7.03. The summed E-state index contributed by atoms with van der Waals surface area (Å²) >= 11 is 0. The van der Waals surface area contributed by atoms with Gasteiger partial charge in [-0.3, -0.25) is 9.59 Å². The average Bonchev–Trinajstić information content (AvgIpc) is 2.96. The van der Waals surface area contributed by atoms with Crippen LogP contribution in [0.2, 0.25) is 0 Å². The third-order valence-electron chi connectivity index (χ3n) is 4.74. The lowest BCUT2D eigenvalue weighted by Gasteiger charge is -2.15. The minimum Gasteiger partial charge on any atom is -0.354 e. The molecular weight excluding hydrogens is 362 g/mol. The lowest BCUT2D eigenvalue weighted by Crippen LogP contribution is -2.32. The van der Waals surface area contributed by atoms with E-state index in [-0.39, 0.29) is 30.1 Å². The van der Waals surface area contributed by atoms with Crippen molar-refractivity contribution in [3.8, 4) is 0 Å². The minimum absolute atomic E-state index is 0. The number of nitrogens with one attached hydrogen (secondary N) is 2. The Kier molecular flexibility index (Phi) is 8.25. The first-order chi connectivity index (χ1) is 12.3. The maximum Gasteiger partial charge on any atom is 0.268 e. The molecule has 6 heteroatoms. The fourth-order valence-electron chi connectivity index (χ4n) is 3.24. The molecule has 1 aromatic carbocycles. The highest BCUT2D eigenvalue weighted by molar-refractivity contribution is 6.02. The molecule has 0 aliphatic heterocycles. The molecule has 0 radical (unpaired) electrons. The summed E-state index contributed by atoms with van der Waals surface area (Å²) in [5, 5.41) is 2.88. The Hall–Kier alpha value is -2.11. The first-order valence-electron chi connectivity index (χ1n) is 9.12. The van der Waals surface area contributed by atoms with Gasteiger partial charge in [0.25, 0.3) is 5.91 Å². The Morgan fingerprint density at radius 2 is 1.70 bits per heavy atom. The fourth-order valence-corrected chi connectivity index (χ4v) is 3.24. The highest BCUT2D eigenvalue weighted by Gasteiger charge is 2.21. The van der Waals surface area contributed by atoms with Gasteiger partial charge in [0, 0.05) is 23.8 Å². The van der Waals surface area contributed by atoms with Crippen molar-refractivity contribution in [2.24, 2.45) is 5.73 Å². The van der Waals surface area contributed by atoms with E-state index in [0.29, 0.717) is 30.1 Å². The Labute approximate surface area is 167 Å². The number of nitrogens with two attached hydrogens (primary N) is 1. The van der Waals surface area contributed by atoms with Crippen LogP contribution >= 0.6 is 12.4 Å². The van der Waals surface area contributed by atoms with Crippen LogP contribution in [0.3, 0.4) is 0 Å². The summed E-state index contributed by atoms with van der Waals surface area (Å²) in [5.74, 6) is 0.210. The van der Waals surface area contributed by atoms with Gasteiger partial charge in [0.1, 0.15) is 5.69 Å². The first-order valence-corrected chi connectivity index (χ1v) is 9.12. The lowest BCUT2D eigenvalue weighted by molar-refractivity contribution is 0.0945. The van der Waals surface area contributed by atoms with E-state index in [0.717, 1.165) is 16.8 Å². The van der Waals surface area contributed by atoms with Gasteiger partial charge in [0.2, 0.25) is 0 Å². The molecule has 1 atom stereocenters. The van der Waals surface area contributed by atoms with Crippen LogP contribution in [-0.4, -0.2) is 23.2 Å². The molecule has 148 valence electrons. The Balaban J connectivity index is 0.00000364. The van der Waals surface area contributed by atoms with Crippen LogP contribution < -0.4 is 11.1 Å². The molecule has 0 aliphatic carbocycles. The van der Waals surface area contributed by atoms with Gasteiger partial charge in [-0.15, -0.1) is 12.4 Å². The van der Waals surface area contributed by atoms with E-state index in [1.807, 2.05) is 26.0 Å². The highest BCUT2D eigenvalue weighted by atomic mass is 35.5. The molecule has 1 heterocycles. The van der Waals surface area contributed by atoms with Gasteiger partial charge < -0.3 is 16.0 Å². The molecule has 0 fully saturated rings. The van der Waals surface area contributed by atoms with Gasteiger partial charge in [-0.2, -0.15) is 0 Å². The van der Waals surface area contributed by atoms with Crippen LogP contribution in [0, 0.1) is 6.92 Å². The number of rotatable bonds is 7. The maximum atomic E-state index is 12.6. The van der Waals surface area contributed by atoms with Gasteiger partial charge in [0.15, 0.2) is 5.78 Å². The van der Waals surface area contributed by atoms with Crippen LogP contribution in [0.15, 0.2) is 24.3 Å². The zero-order valence-corrected chi connectivity index (χ0v) is 17.5. The maximum absolute atomic E-state index is 12.6. The van der Waals surface area contributed by atoms with E-state index in [9.17, 15) is 9.59 Å². The molecule has 4 N–H and O–H groups in total. The fraction of sp³-hybridized carbons (Fsp3) is 0.429. The number of aromatic nitrogens is 1. The minimum atomic E-state index is -0.284. The summed E-state index contributed by atoms with van der Waals surface area (Å²) in [6, 6.07) is 7.88. The Morgan fingerprint density at radius 3 is 2.19 bits per heavy atom. The van der Waals surface area contributed by atoms with Crippen LogP contribution in [0.5, 0.6) is 0 Å². The number of H-pyrrole nitrogens is 1. The number of Topliss-reactive ketones (excluding diaryl/α,β-unsaturated/α-hetero) is 1. The highest BCUT2D eigenvalue weighted by Crippen LogP contribution is 2.21. The van der Waals surface area contributed by atoms with E-state index in [2.05, 4.69) is 36.3 Å². The van der Waals surface area contributed by atoms with E-state index in [1.165, 1.54) is 12.5 Å². The number of amides is 1. The van der Waals surface area contributed by atoms with Crippen molar-refractivity contribution < 1.29 is 9.59 Å². The standard InChI is InChI=1S/C21H29N3O2.ClH/c1-6-17-19(14(5)25)13(4)24-20(17)21(26)23-11-18(22)16-9-7-15(8-10-16)12(2)3;/h7-10,12,18,24H,6,11,22H2,1-5H3,(H,23,26);1H. The topological polar surface area (TPSA) is 88.0 Å². The van der Waals surface area contributed by atoms with E-state index in [4.69, 9.17) is 5.73 Å². The Bertz CT molecular complexity index is 795. The van der Waals surface area contributed by atoms with Crippen LogP contribution in [0.4, 0.5) is 0 Å². The first kappa shape index (κ1) is 22.9. The van der Waals surface area contributed by atoms with Crippen molar-refractivity contribution in [3.05, 3.63) is 57.9 Å². The predicted molar refractivity (Wildman–Crippen MR) is 112 cm³/mol. The normalized spacial score (nSPS) is 11.8. The number of hydrogen-bond acceptors (Lipinski definition) is 3. The second-order valence-electron chi connectivity index (χ2n) is 7.03. The summed E-state index contributed by atoms with van der Waals surface area (Å²) in [6.07, 6.45) is 0.616. The molecule has 1 amide bonds. The molecule has 0 saturated carbocycles. The number of carbonyl (C=O) groups excluding carboxylic acids is 2. The molecule has 1 unspecified atom stereocenters. The number of hydrogen-bond donors (Lipinski definition) is 3. The quantitative estimate of drug-likeness (QED) is 0.622. The molecule has 0 bridgehead atoms. The second kappa shape index (κ2) is 9.72. The SMILES string of the molecule is CCc1c(C(=O)NCC(N)c2ccc(C(C)C)cc2)[nH]c(C)c1C(C)=O.Cl.